The number of amides is 9. The third-order valence-corrected chi connectivity index (χ3v) is 8.74. The van der Waals surface area contributed by atoms with E-state index in [2.05, 4.69) is 37.2 Å². The van der Waals surface area contributed by atoms with Crippen molar-refractivity contribution in [3.05, 3.63) is 48.0 Å². The van der Waals surface area contributed by atoms with Gasteiger partial charge in [0.05, 0.1) is 6.54 Å². The normalized spacial score (nSPS) is 14.2. The van der Waals surface area contributed by atoms with Gasteiger partial charge in [-0.25, -0.2) is 4.79 Å². The highest BCUT2D eigenvalue weighted by Gasteiger charge is 2.32. The van der Waals surface area contributed by atoms with Crippen LogP contribution in [0, 0.1) is 17.8 Å². The largest absolute Gasteiger partial charge is 0.480 e. The fraction of sp³-hybridized carbons (Fsp3) is 0.550. The van der Waals surface area contributed by atoms with E-state index in [0.29, 0.717) is 5.56 Å². The van der Waals surface area contributed by atoms with Gasteiger partial charge in [-0.1, -0.05) is 71.9 Å². The van der Waals surface area contributed by atoms with E-state index in [9.17, 15) is 53.1 Å². The van der Waals surface area contributed by atoms with Gasteiger partial charge in [0.2, 0.25) is 53.2 Å². The molecule has 332 valence electrons. The van der Waals surface area contributed by atoms with Crippen molar-refractivity contribution < 1.29 is 53.1 Å². The first-order chi connectivity index (χ1) is 28.0. The second-order valence-corrected chi connectivity index (χ2v) is 15.5. The van der Waals surface area contributed by atoms with Crippen LogP contribution >= 0.6 is 0 Å². The van der Waals surface area contributed by atoms with Gasteiger partial charge in [0, 0.05) is 25.0 Å². The number of carboxylic acids is 1. The predicted octanol–water partition coefficient (Wildman–Crippen LogP) is -1.59. The zero-order chi connectivity index (χ0) is 45.7. The molecule has 0 aromatic heterocycles. The lowest BCUT2D eigenvalue weighted by Crippen LogP contribution is -2.59. The Labute approximate surface area is 349 Å². The van der Waals surface area contributed by atoms with E-state index in [1.54, 1.807) is 58.0 Å². The highest BCUT2D eigenvalue weighted by molar-refractivity contribution is 6.01. The minimum absolute atomic E-state index is 0.00961. The van der Waals surface area contributed by atoms with E-state index in [0.717, 1.165) is 12.2 Å². The van der Waals surface area contributed by atoms with Gasteiger partial charge in [-0.15, -0.1) is 0 Å². The Morgan fingerprint density at radius 3 is 1.58 bits per heavy atom. The number of carboxylic acid groups (broad SMARTS) is 1. The summed E-state index contributed by atoms with van der Waals surface area (Å²) >= 11 is 0. The van der Waals surface area contributed by atoms with Crippen LogP contribution in [0.3, 0.4) is 0 Å². The first-order valence-electron chi connectivity index (χ1n) is 19.6. The molecule has 12 N–H and O–H groups in total. The van der Waals surface area contributed by atoms with Crippen LogP contribution < -0.4 is 48.7 Å². The summed E-state index contributed by atoms with van der Waals surface area (Å²) in [6.45, 7) is 11.3. The molecule has 9 amide bonds. The number of carbonyl (C=O) groups excluding carboxylic acids is 9. The van der Waals surface area contributed by atoms with Crippen molar-refractivity contribution in [3.8, 4) is 0 Å². The molecule has 0 unspecified atom stereocenters. The van der Waals surface area contributed by atoms with Gasteiger partial charge in [0.15, 0.2) is 0 Å². The number of rotatable bonds is 26. The quantitative estimate of drug-likeness (QED) is 0.0474. The maximum Gasteiger partial charge on any atom is 0.326 e. The minimum atomic E-state index is -1.42. The Bertz CT molecular complexity index is 1720. The summed E-state index contributed by atoms with van der Waals surface area (Å²) in [5, 5.41) is 26.6. The van der Waals surface area contributed by atoms with E-state index in [4.69, 9.17) is 11.5 Å². The van der Waals surface area contributed by atoms with Crippen LogP contribution in [0.2, 0.25) is 0 Å². The second-order valence-electron chi connectivity index (χ2n) is 15.5. The molecule has 1 rings (SSSR count). The van der Waals surface area contributed by atoms with Crippen LogP contribution in [0.1, 0.15) is 79.7 Å². The zero-order valence-electron chi connectivity index (χ0n) is 35.2. The number of aliphatic carboxylic acids is 1. The van der Waals surface area contributed by atoms with E-state index >= 15 is 0 Å². The molecule has 60 heavy (non-hydrogen) atoms. The molecule has 0 fully saturated rings. The van der Waals surface area contributed by atoms with Crippen molar-refractivity contribution in [1.82, 2.24) is 37.2 Å². The Kier molecular flexibility index (Phi) is 22.3. The van der Waals surface area contributed by atoms with Gasteiger partial charge in [0.1, 0.15) is 36.3 Å². The minimum Gasteiger partial charge on any atom is -0.480 e. The van der Waals surface area contributed by atoms with Gasteiger partial charge < -0.3 is 53.8 Å². The van der Waals surface area contributed by atoms with Crippen LogP contribution in [0.25, 0.3) is 0 Å². The van der Waals surface area contributed by atoms with Gasteiger partial charge in [-0.2, -0.15) is 0 Å². The molecule has 0 saturated heterocycles. The number of benzene rings is 1. The Morgan fingerprint density at radius 2 is 1.12 bits per heavy atom. The lowest BCUT2D eigenvalue weighted by molar-refractivity contribution is -0.141. The van der Waals surface area contributed by atoms with Crippen molar-refractivity contribution in [2.75, 3.05) is 6.54 Å². The molecule has 0 aliphatic carbocycles. The fourth-order valence-corrected chi connectivity index (χ4v) is 5.64. The fourth-order valence-electron chi connectivity index (χ4n) is 5.64. The Balaban J connectivity index is 2.95. The van der Waals surface area contributed by atoms with Crippen molar-refractivity contribution >= 4 is 59.1 Å². The number of hydrogen-bond acceptors (Lipinski definition) is 10. The predicted molar refractivity (Wildman–Crippen MR) is 219 cm³/mol. The molecule has 20 nitrogen and oxygen atoms in total. The Hall–Kier alpha value is -6.34. The van der Waals surface area contributed by atoms with Crippen molar-refractivity contribution in [1.29, 1.82) is 0 Å². The van der Waals surface area contributed by atoms with E-state index in [-0.39, 0.29) is 49.9 Å². The molecule has 1 aromatic carbocycles. The van der Waals surface area contributed by atoms with Crippen molar-refractivity contribution in [2.24, 2.45) is 29.2 Å². The van der Waals surface area contributed by atoms with Crippen molar-refractivity contribution in [2.45, 2.75) is 117 Å². The topological polar surface area (TPSA) is 327 Å². The standard InChI is InChI=1S/C40H61N9O11/c1-21(2)17-27(38(57)48-28(18-22(3)4)39(58)49-34(23(5)6)35(42)54)47-37(56)26(13-14-30(41)50)45-32(52)16-15-31(51)44-24(7)36(55)43-20-33(53)46-29(40(59)60)19-25-11-9-8-10-12-25/h8-12,15-16,21-24,26-29,34H,13-14,17-20H2,1-7H3,(H2,41,50)(H2,42,54)(H,43,55)(H,44,51)(H,45,52)(H,46,53)(H,47,56)(H,48,57)(H,49,58)(H,59,60)/b16-15+/t24-,26-,27-,28-,29-,34-/m0/s1. The van der Waals surface area contributed by atoms with Crippen LogP contribution in [0.15, 0.2) is 42.5 Å². The molecule has 0 bridgehead atoms. The first kappa shape index (κ1) is 51.7. The molecule has 0 aliphatic heterocycles. The molecule has 6 atom stereocenters. The summed E-state index contributed by atoms with van der Waals surface area (Å²) in [5.41, 5.74) is 11.4. The number of nitrogens with two attached hydrogens (primary N) is 2. The van der Waals surface area contributed by atoms with Crippen LogP contribution in [-0.2, 0) is 54.4 Å². The summed E-state index contributed by atoms with van der Waals surface area (Å²) in [4.78, 5) is 126. The van der Waals surface area contributed by atoms with Gasteiger partial charge in [-0.3, -0.25) is 43.2 Å². The number of carbonyl (C=O) groups is 10. The SMILES string of the molecule is CC(C)C[C@H](NC(=O)[C@H](CCC(N)=O)NC(=O)/C=C/C(=O)N[C@@H](C)C(=O)NCC(=O)N[C@@H](Cc1ccccc1)C(=O)O)C(=O)N[C@@H](CC(C)C)C(=O)N[C@H](C(N)=O)C(C)C. The summed E-state index contributed by atoms with van der Waals surface area (Å²) in [6.07, 6.45) is 1.21. The average Bonchev–Trinajstić information content (AvgIpc) is 3.15. The molecule has 1 aromatic rings. The van der Waals surface area contributed by atoms with E-state index in [1.807, 2.05) is 13.8 Å². The van der Waals surface area contributed by atoms with Crippen LogP contribution in [0.5, 0.6) is 0 Å². The monoisotopic (exact) mass is 843 g/mol. The first-order valence-corrected chi connectivity index (χ1v) is 19.6. The highest BCUT2D eigenvalue weighted by atomic mass is 16.4. The molecule has 0 spiro atoms. The molecule has 0 heterocycles. The highest BCUT2D eigenvalue weighted by Crippen LogP contribution is 2.11. The van der Waals surface area contributed by atoms with Gasteiger partial charge in [0.25, 0.3) is 0 Å². The second kappa shape index (κ2) is 25.9. The van der Waals surface area contributed by atoms with Crippen LogP contribution in [0.4, 0.5) is 0 Å². The molecular formula is C40H61N9O11. The molecular weight excluding hydrogens is 782 g/mol. The zero-order valence-corrected chi connectivity index (χ0v) is 35.2. The summed E-state index contributed by atoms with van der Waals surface area (Å²) in [5.74, 6) is -9.04. The average molecular weight is 844 g/mol. The molecule has 0 radical (unpaired) electrons. The van der Waals surface area contributed by atoms with E-state index in [1.165, 1.54) is 6.92 Å². The molecule has 20 heteroatoms. The van der Waals surface area contributed by atoms with Gasteiger partial charge >= 0.3 is 5.97 Å². The third-order valence-electron chi connectivity index (χ3n) is 8.74. The summed E-state index contributed by atoms with van der Waals surface area (Å²) in [7, 11) is 0. The number of primary amides is 2. The number of nitrogens with one attached hydrogen (secondary N) is 7. The smallest absolute Gasteiger partial charge is 0.326 e. The van der Waals surface area contributed by atoms with E-state index < -0.39 is 102 Å². The maximum atomic E-state index is 13.6. The third kappa shape index (κ3) is 20.4. The number of hydrogen-bond donors (Lipinski definition) is 10. The van der Waals surface area contributed by atoms with Crippen LogP contribution in [-0.4, -0.2) is 107 Å². The van der Waals surface area contributed by atoms with Crippen molar-refractivity contribution in [3.63, 3.8) is 0 Å². The summed E-state index contributed by atoms with van der Waals surface area (Å²) < 4.78 is 0. The maximum absolute atomic E-state index is 13.6. The Morgan fingerprint density at radius 1 is 0.617 bits per heavy atom. The molecule has 0 aliphatic rings. The molecule has 0 saturated carbocycles. The lowest BCUT2D eigenvalue weighted by Gasteiger charge is -2.28. The summed E-state index contributed by atoms with van der Waals surface area (Å²) in [6, 6.07) is 1.42. The van der Waals surface area contributed by atoms with Gasteiger partial charge in [-0.05, 0) is 49.5 Å². The lowest BCUT2D eigenvalue weighted by atomic mass is 9.98.